The van der Waals surface area contributed by atoms with Crippen LogP contribution in [-0.2, 0) is 11.3 Å². The van der Waals surface area contributed by atoms with Gasteiger partial charge in [-0.2, -0.15) is 4.98 Å². The van der Waals surface area contributed by atoms with Crippen molar-refractivity contribution in [2.45, 2.75) is 19.5 Å². The first-order valence-electron chi connectivity index (χ1n) is 10.6. The lowest BCUT2D eigenvalue weighted by Gasteiger charge is -2.27. The van der Waals surface area contributed by atoms with Gasteiger partial charge in [-0.1, -0.05) is 71.0 Å². The molecule has 1 aliphatic rings. The lowest BCUT2D eigenvalue weighted by Crippen LogP contribution is -2.46. The van der Waals surface area contributed by atoms with E-state index in [0.29, 0.717) is 18.9 Å². The molecule has 2 aromatic carbocycles. The lowest BCUT2D eigenvalue weighted by atomic mass is 10.1. The number of nitrogens with zero attached hydrogens (tertiary/aromatic N) is 6. The van der Waals surface area contributed by atoms with Crippen LogP contribution < -0.4 is 5.32 Å². The first kappa shape index (κ1) is 20.6. The molecule has 0 fully saturated rings. The molecule has 1 aliphatic heterocycles. The van der Waals surface area contributed by atoms with Gasteiger partial charge < -0.3 is 14.7 Å². The van der Waals surface area contributed by atoms with Crippen LogP contribution in [0.5, 0.6) is 0 Å². The van der Waals surface area contributed by atoms with Crippen molar-refractivity contribution in [3.05, 3.63) is 71.9 Å². The second-order valence-electron chi connectivity index (χ2n) is 7.73. The number of nitrogens with one attached hydrogen (secondary N) is 1. The highest BCUT2D eigenvalue weighted by Gasteiger charge is 2.33. The second kappa shape index (κ2) is 8.65. The van der Waals surface area contributed by atoms with Gasteiger partial charge in [0.1, 0.15) is 0 Å². The monoisotopic (exact) mass is 443 g/mol. The smallest absolute Gasteiger partial charge is 0.281 e. The number of hydrogen-bond donors (Lipinski definition) is 1. The summed E-state index contributed by atoms with van der Waals surface area (Å²) in [6.07, 6.45) is 0. The molecule has 0 spiro atoms. The van der Waals surface area contributed by atoms with Crippen molar-refractivity contribution in [1.82, 2.24) is 35.4 Å². The van der Waals surface area contributed by atoms with Gasteiger partial charge >= 0.3 is 0 Å². The van der Waals surface area contributed by atoms with E-state index in [9.17, 15) is 9.59 Å². The fourth-order valence-corrected chi connectivity index (χ4v) is 3.75. The van der Waals surface area contributed by atoms with Gasteiger partial charge in [0.2, 0.25) is 11.7 Å². The molecule has 33 heavy (non-hydrogen) atoms. The Morgan fingerprint density at radius 1 is 1.09 bits per heavy atom. The van der Waals surface area contributed by atoms with Crippen LogP contribution in [0.4, 0.5) is 0 Å². The summed E-state index contributed by atoms with van der Waals surface area (Å²) in [5, 5.41) is 15.1. The number of benzene rings is 2. The quantitative estimate of drug-likeness (QED) is 0.486. The Balaban J connectivity index is 1.32. The minimum atomic E-state index is -0.358. The minimum absolute atomic E-state index is 0.0697. The molecule has 0 bridgehead atoms. The summed E-state index contributed by atoms with van der Waals surface area (Å²) in [5.74, 6) is -0.108. The largest absolute Gasteiger partial charge is 0.348 e. The average molecular weight is 443 g/mol. The molecule has 1 unspecified atom stereocenters. The van der Waals surface area contributed by atoms with Gasteiger partial charge in [-0.05, 0) is 12.5 Å². The third-order valence-corrected chi connectivity index (χ3v) is 5.48. The number of carbonyl (C=O) groups is 2. The van der Waals surface area contributed by atoms with E-state index in [4.69, 9.17) is 4.52 Å². The number of carbonyl (C=O) groups excluding carboxylic acids is 2. The molecule has 10 nitrogen and oxygen atoms in total. The maximum absolute atomic E-state index is 13.2. The predicted octanol–water partition coefficient (Wildman–Crippen LogP) is 2.33. The maximum atomic E-state index is 13.2. The van der Waals surface area contributed by atoms with Crippen molar-refractivity contribution in [3.63, 3.8) is 0 Å². The third-order valence-electron chi connectivity index (χ3n) is 5.48. The topological polar surface area (TPSA) is 119 Å². The average Bonchev–Trinajstić information content (AvgIpc) is 3.50. The van der Waals surface area contributed by atoms with Gasteiger partial charge in [0.25, 0.3) is 11.8 Å². The van der Waals surface area contributed by atoms with Crippen molar-refractivity contribution >= 4 is 11.8 Å². The number of fused-ring (bicyclic) bond motifs is 1. The first-order valence-corrected chi connectivity index (χ1v) is 10.6. The van der Waals surface area contributed by atoms with E-state index >= 15 is 0 Å². The summed E-state index contributed by atoms with van der Waals surface area (Å²) < 4.78 is 6.87. The zero-order chi connectivity index (χ0) is 22.8. The molecule has 1 N–H and O–H groups in total. The van der Waals surface area contributed by atoms with Gasteiger partial charge in [0.05, 0.1) is 19.1 Å². The molecular formula is C23H21N7O3. The predicted molar refractivity (Wildman–Crippen MR) is 118 cm³/mol. The Kier molecular flexibility index (Phi) is 5.39. The molecule has 166 valence electrons. The summed E-state index contributed by atoms with van der Waals surface area (Å²) in [6.45, 7) is 2.60. The van der Waals surface area contributed by atoms with E-state index < -0.39 is 0 Å². The van der Waals surface area contributed by atoms with Crippen LogP contribution in [0.15, 0.2) is 65.2 Å². The number of amides is 2. The highest BCUT2D eigenvalue weighted by Crippen LogP contribution is 2.26. The van der Waals surface area contributed by atoms with Gasteiger partial charge in [-0.15, -0.1) is 5.10 Å². The van der Waals surface area contributed by atoms with Crippen LogP contribution >= 0.6 is 0 Å². The van der Waals surface area contributed by atoms with E-state index in [-0.39, 0.29) is 41.7 Å². The van der Waals surface area contributed by atoms with Crippen LogP contribution in [0.3, 0.4) is 0 Å². The molecule has 3 heterocycles. The highest BCUT2D eigenvalue weighted by molar-refractivity contribution is 5.99. The van der Waals surface area contributed by atoms with Crippen molar-refractivity contribution in [1.29, 1.82) is 0 Å². The molecule has 1 atom stereocenters. The Labute approximate surface area is 189 Å². The number of rotatable bonds is 6. The fraction of sp³-hybridized carbons (Fsp3) is 0.217. The van der Waals surface area contributed by atoms with Gasteiger partial charge in [0, 0.05) is 12.1 Å². The summed E-state index contributed by atoms with van der Waals surface area (Å²) >= 11 is 0. The van der Waals surface area contributed by atoms with Crippen molar-refractivity contribution in [2.75, 3.05) is 13.1 Å². The third kappa shape index (κ3) is 4.10. The van der Waals surface area contributed by atoms with E-state index in [0.717, 1.165) is 11.1 Å². The van der Waals surface area contributed by atoms with Crippen molar-refractivity contribution < 1.29 is 14.1 Å². The molecule has 0 saturated heterocycles. The molecule has 5 rings (SSSR count). The molecule has 0 aliphatic carbocycles. The molecule has 0 radical (unpaired) electrons. The Bertz CT molecular complexity index is 1280. The Morgan fingerprint density at radius 2 is 1.82 bits per heavy atom. The minimum Gasteiger partial charge on any atom is -0.348 e. The lowest BCUT2D eigenvalue weighted by molar-refractivity contribution is -0.122. The van der Waals surface area contributed by atoms with Crippen LogP contribution in [0.2, 0.25) is 0 Å². The highest BCUT2D eigenvalue weighted by atomic mass is 16.5. The zero-order valence-corrected chi connectivity index (χ0v) is 17.9. The normalized spacial score (nSPS) is 14.1. The molecular weight excluding hydrogens is 422 g/mol. The molecule has 10 heteroatoms. The van der Waals surface area contributed by atoms with Gasteiger partial charge in [-0.25, -0.2) is 4.68 Å². The van der Waals surface area contributed by atoms with Crippen molar-refractivity contribution in [3.8, 4) is 23.0 Å². The summed E-state index contributed by atoms with van der Waals surface area (Å²) in [5.41, 5.74) is 2.21. The SMILES string of the molecule is CC(NC(=O)CN1CCn2nnc(-c3nc(-c4ccccc4)no3)c2C1=O)c1ccccc1. The second-order valence-corrected chi connectivity index (χ2v) is 7.73. The van der Waals surface area contributed by atoms with Gasteiger partial charge in [-0.3, -0.25) is 9.59 Å². The van der Waals surface area contributed by atoms with Crippen LogP contribution in [0.25, 0.3) is 23.0 Å². The first-order chi connectivity index (χ1) is 16.1. The Morgan fingerprint density at radius 3 is 2.58 bits per heavy atom. The van der Waals surface area contributed by atoms with Crippen molar-refractivity contribution in [2.24, 2.45) is 0 Å². The van der Waals surface area contributed by atoms with E-state index in [1.807, 2.05) is 67.6 Å². The summed E-state index contributed by atoms with van der Waals surface area (Å²) in [6, 6.07) is 18.8. The Hall–Kier alpha value is -4.34. The standard InChI is InChI=1S/C23H21N7O3/c1-15(16-8-4-2-5-9-16)24-18(31)14-29-12-13-30-20(23(29)32)19(26-28-30)22-25-21(27-33-22)17-10-6-3-7-11-17/h2-11,15H,12-14H2,1H3,(H,24,31). The van der Waals surface area contributed by atoms with E-state index in [1.165, 1.54) is 9.58 Å². The summed E-state index contributed by atoms with van der Waals surface area (Å²) in [4.78, 5) is 31.7. The molecule has 2 amide bonds. The zero-order valence-electron chi connectivity index (χ0n) is 17.9. The van der Waals surface area contributed by atoms with E-state index in [1.54, 1.807) is 0 Å². The molecule has 0 saturated carbocycles. The molecule has 2 aromatic heterocycles. The molecule has 4 aromatic rings. The number of aromatic nitrogens is 5. The summed E-state index contributed by atoms with van der Waals surface area (Å²) in [7, 11) is 0. The van der Waals surface area contributed by atoms with E-state index in [2.05, 4.69) is 25.8 Å². The van der Waals surface area contributed by atoms with Crippen LogP contribution in [-0.4, -0.2) is 54.9 Å². The fourth-order valence-electron chi connectivity index (χ4n) is 3.75. The number of hydrogen-bond acceptors (Lipinski definition) is 7. The van der Waals surface area contributed by atoms with Crippen LogP contribution in [0, 0.1) is 0 Å². The van der Waals surface area contributed by atoms with Crippen LogP contribution in [0.1, 0.15) is 29.0 Å². The maximum Gasteiger partial charge on any atom is 0.281 e. The van der Waals surface area contributed by atoms with Gasteiger partial charge in [0.15, 0.2) is 11.4 Å².